The number of amides is 1. The Morgan fingerprint density at radius 1 is 1.03 bits per heavy atom. The molecule has 0 fully saturated rings. The van der Waals surface area contributed by atoms with Crippen molar-refractivity contribution in [1.82, 2.24) is 4.40 Å². The van der Waals surface area contributed by atoms with Gasteiger partial charge in [0.15, 0.2) is 0 Å². The van der Waals surface area contributed by atoms with E-state index in [1.165, 1.54) is 0 Å². The number of aromatic nitrogens is 1. The maximum atomic E-state index is 13.3. The van der Waals surface area contributed by atoms with Crippen LogP contribution < -0.4 is 15.8 Å². The highest BCUT2D eigenvalue weighted by Crippen LogP contribution is 2.29. The summed E-state index contributed by atoms with van der Waals surface area (Å²) in [6.07, 6.45) is 2.63. The van der Waals surface area contributed by atoms with Gasteiger partial charge in [-0.2, -0.15) is 0 Å². The lowest BCUT2D eigenvalue weighted by Gasteiger charge is -2.07. The molecule has 31 heavy (non-hydrogen) atoms. The van der Waals surface area contributed by atoms with Crippen LogP contribution in [0.5, 0.6) is 5.75 Å². The van der Waals surface area contributed by atoms with Crippen LogP contribution in [-0.4, -0.2) is 23.2 Å². The molecule has 0 aliphatic heterocycles. The Morgan fingerprint density at radius 2 is 1.81 bits per heavy atom. The number of pyridine rings is 1. The smallest absolute Gasteiger partial charge is 0.259 e. The fourth-order valence-electron chi connectivity index (χ4n) is 3.62. The standard InChI is InChI=1S/C25H23N3O3/c1-3-16-10-12-17(13-11-16)24(29)23-22(26)21(20-9-4-5-14-28(20)23)25(30)27-18-7-6-8-19(15-18)31-2/h4-15H,3,26H2,1-2H3,(H,27,30). The number of fused-ring (bicyclic) bond motifs is 1. The first kappa shape index (κ1) is 20.2. The summed E-state index contributed by atoms with van der Waals surface area (Å²) in [5, 5.41) is 2.85. The van der Waals surface area contributed by atoms with Crippen molar-refractivity contribution in [3.05, 3.63) is 95.3 Å². The second-order valence-corrected chi connectivity index (χ2v) is 7.16. The highest BCUT2D eigenvalue weighted by Gasteiger charge is 2.26. The molecule has 0 spiro atoms. The van der Waals surface area contributed by atoms with Crippen LogP contribution in [0.25, 0.3) is 5.52 Å². The molecule has 0 atom stereocenters. The van der Waals surface area contributed by atoms with Gasteiger partial charge in [0.25, 0.3) is 5.91 Å². The lowest BCUT2D eigenvalue weighted by atomic mass is 10.0. The predicted molar refractivity (Wildman–Crippen MR) is 122 cm³/mol. The molecular weight excluding hydrogens is 390 g/mol. The van der Waals surface area contributed by atoms with Crippen molar-refractivity contribution in [2.24, 2.45) is 0 Å². The third-order valence-corrected chi connectivity index (χ3v) is 5.28. The molecule has 0 saturated heterocycles. The lowest BCUT2D eigenvalue weighted by molar-refractivity contribution is 0.102. The summed E-state index contributed by atoms with van der Waals surface area (Å²) in [6, 6.07) is 19.9. The zero-order valence-corrected chi connectivity index (χ0v) is 17.4. The van der Waals surface area contributed by atoms with E-state index in [-0.39, 0.29) is 22.7 Å². The first-order chi connectivity index (χ1) is 15.0. The number of carbonyl (C=O) groups is 2. The molecule has 2 aromatic carbocycles. The summed E-state index contributed by atoms with van der Waals surface area (Å²) in [7, 11) is 1.56. The van der Waals surface area contributed by atoms with Gasteiger partial charge in [-0.05, 0) is 36.2 Å². The van der Waals surface area contributed by atoms with E-state index in [1.807, 2.05) is 12.1 Å². The zero-order chi connectivity index (χ0) is 22.0. The Hall–Kier alpha value is -4.06. The van der Waals surface area contributed by atoms with Gasteiger partial charge in [0.05, 0.1) is 23.9 Å². The Balaban J connectivity index is 1.77. The van der Waals surface area contributed by atoms with E-state index in [0.29, 0.717) is 22.5 Å². The minimum Gasteiger partial charge on any atom is -0.497 e. The van der Waals surface area contributed by atoms with E-state index in [9.17, 15) is 9.59 Å². The second-order valence-electron chi connectivity index (χ2n) is 7.16. The maximum Gasteiger partial charge on any atom is 0.259 e. The van der Waals surface area contributed by atoms with Gasteiger partial charge in [0.1, 0.15) is 11.4 Å². The Labute approximate surface area is 180 Å². The van der Waals surface area contributed by atoms with Gasteiger partial charge >= 0.3 is 0 Å². The lowest BCUT2D eigenvalue weighted by Crippen LogP contribution is -2.14. The Kier molecular flexibility index (Phi) is 5.45. The maximum absolute atomic E-state index is 13.3. The number of carbonyl (C=O) groups excluding carboxylic acids is 2. The van der Waals surface area contributed by atoms with Crippen LogP contribution in [0.15, 0.2) is 72.9 Å². The number of nitrogen functional groups attached to an aromatic ring is 1. The number of nitrogens with two attached hydrogens (primary N) is 1. The summed E-state index contributed by atoms with van der Waals surface area (Å²) in [5.41, 5.74) is 9.87. The summed E-state index contributed by atoms with van der Waals surface area (Å²) >= 11 is 0. The molecule has 4 aromatic rings. The summed E-state index contributed by atoms with van der Waals surface area (Å²) in [4.78, 5) is 26.5. The molecule has 1 amide bonds. The number of nitrogens with zero attached hydrogens (tertiary/aromatic N) is 1. The first-order valence-electron chi connectivity index (χ1n) is 10.0. The van der Waals surface area contributed by atoms with E-state index < -0.39 is 5.91 Å². The fraction of sp³-hybridized carbons (Fsp3) is 0.120. The minimum absolute atomic E-state index is 0.149. The van der Waals surface area contributed by atoms with Crippen molar-refractivity contribution in [3.8, 4) is 5.75 Å². The number of methoxy groups -OCH3 is 1. The summed E-state index contributed by atoms with van der Waals surface area (Å²) in [5.74, 6) is -0.00415. The molecule has 0 radical (unpaired) electrons. The van der Waals surface area contributed by atoms with Crippen molar-refractivity contribution in [2.45, 2.75) is 13.3 Å². The van der Waals surface area contributed by atoms with Gasteiger partial charge in [-0.25, -0.2) is 0 Å². The van der Waals surface area contributed by atoms with Gasteiger partial charge in [0, 0.05) is 23.5 Å². The number of ketones is 1. The first-order valence-corrected chi connectivity index (χ1v) is 10.0. The summed E-state index contributed by atoms with van der Waals surface area (Å²) < 4.78 is 6.88. The Bertz CT molecular complexity index is 1270. The number of hydrogen-bond acceptors (Lipinski definition) is 4. The van der Waals surface area contributed by atoms with Crippen LogP contribution in [0.1, 0.15) is 38.9 Å². The van der Waals surface area contributed by atoms with Gasteiger partial charge in [-0.3, -0.25) is 9.59 Å². The van der Waals surface area contributed by atoms with Crippen LogP contribution in [0, 0.1) is 0 Å². The quantitative estimate of drug-likeness (QED) is 0.453. The number of nitrogens with one attached hydrogen (secondary N) is 1. The van der Waals surface area contributed by atoms with E-state index in [4.69, 9.17) is 10.5 Å². The van der Waals surface area contributed by atoms with Gasteiger partial charge in [0.2, 0.25) is 5.78 Å². The van der Waals surface area contributed by atoms with Gasteiger partial charge < -0.3 is 20.2 Å². The SMILES string of the molecule is CCc1ccc(C(=O)c2c(N)c(C(=O)Nc3cccc(OC)c3)c3ccccn23)cc1. The predicted octanol–water partition coefficient (Wildman–Crippen LogP) is 4.58. The van der Waals surface area contributed by atoms with Crippen molar-refractivity contribution in [2.75, 3.05) is 18.2 Å². The van der Waals surface area contributed by atoms with E-state index >= 15 is 0 Å². The molecule has 156 valence electrons. The van der Waals surface area contributed by atoms with E-state index in [0.717, 1.165) is 12.0 Å². The van der Waals surface area contributed by atoms with Gasteiger partial charge in [-0.1, -0.05) is 43.3 Å². The number of aryl methyl sites for hydroxylation is 1. The molecule has 0 bridgehead atoms. The number of ether oxygens (including phenoxy) is 1. The highest BCUT2D eigenvalue weighted by molar-refractivity contribution is 6.20. The molecule has 0 unspecified atom stereocenters. The third-order valence-electron chi connectivity index (χ3n) is 5.28. The molecule has 3 N–H and O–H groups in total. The van der Waals surface area contributed by atoms with E-state index in [2.05, 4.69) is 12.2 Å². The second kappa shape index (κ2) is 8.36. The molecule has 4 rings (SSSR count). The van der Waals surface area contributed by atoms with Gasteiger partial charge in [-0.15, -0.1) is 0 Å². The highest BCUT2D eigenvalue weighted by atomic mass is 16.5. The molecule has 0 aliphatic carbocycles. The van der Waals surface area contributed by atoms with E-state index in [1.54, 1.807) is 72.3 Å². The number of hydrogen-bond donors (Lipinski definition) is 2. The molecule has 6 heteroatoms. The van der Waals surface area contributed by atoms with Crippen LogP contribution >= 0.6 is 0 Å². The molecule has 0 aliphatic rings. The third kappa shape index (κ3) is 3.75. The van der Waals surface area contributed by atoms with Crippen molar-refractivity contribution in [3.63, 3.8) is 0 Å². The fourth-order valence-corrected chi connectivity index (χ4v) is 3.62. The average Bonchev–Trinajstić information content (AvgIpc) is 3.10. The number of anilines is 2. The number of benzene rings is 2. The zero-order valence-electron chi connectivity index (χ0n) is 17.4. The molecule has 2 heterocycles. The van der Waals surface area contributed by atoms with Crippen LogP contribution in [0.4, 0.5) is 11.4 Å². The molecule has 2 aromatic heterocycles. The van der Waals surface area contributed by atoms with Crippen molar-refractivity contribution < 1.29 is 14.3 Å². The van der Waals surface area contributed by atoms with Crippen LogP contribution in [0.2, 0.25) is 0 Å². The molecular formula is C25H23N3O3. The van der Waals surface area contributed by atoms with Crippen LogP contribution in [-0.2, 0) is 6.42 Å². The Morgan fingerprint density at radius 3 is 2.52 bits per heavy atom. The molecule has 0 saturated carbocycles. The largest absolute Gasteiger partial charge is 0.497 e. The summed E-state index contributed by atoms with van der Waals surface area (Å²) in [6.45, 7) is 2.06. The van der Waals surface area contributed by atoms with Crippen LogP contribution in [0.3, 0.4) is 0 Å². The normalized spacial score (nSPS) is 10.8. The monoisotopic (exact) mass is 413 g/mol. The van der Waals surface area contributed by atoms with Crippen molar-refractivity contribution in [1.29, 1.82) is 0 Å². The molecule has 6 nitrogen and oxygen atoms in total. The number of rotatable bonds is 6. The average molecular weight is 413 g/mol. The minimum atomic E-state index is -0.394. The van der Waals surface area contributed by atoms with Crippen molar-refractivity contribution >= 4 is 28.6 Å². The topological polar surface area (TPSA) is 85.8 Å².